The summed E-state index contributed by atoms with van der Waals surface area (Å²) >= 11 is 0. The van der Waals surface area contributed by atoms with Gasteiger partial charge in [-0.1, -0.05) is 0 Å². The van der Waals surface area contributed by atoms with Gasteiger partial charge in [0.1, 0.15) is 5.82 Å². The van der Waals surface area contributed by atoms with E-state index in [0.717, 1.165) is 18.1 Å². The summed E-state index contributed by atoms with van der Waals surface area (Å²) < 4.78 is 9.92. The molecule has 0 amide bonds. The van der Waals surface area contributed by atoms with Crippen molar-refractivity contribution in [3.05, 3.63) is 11.8 Å². The molecule has 0 aliphatic rings. The van der Waals surface area contributed by atoms with Crippen molar-refractivity contribution in [1.29, 1.82) is 0 Å². The third-order valence-electron chi connectivity index (χ3n) is 2.06. The number of anilines is 2. The number of aryl methyl sites for hydroxylation is 1. The standard InChI is InChI=1S/C11H20N4O2/c1-9-8-10(12-4-6-16-2)15-11(14-9)13-5-7-17-3/h8H,4-7H2,1-3H3,(H2,12,13,14,15). The molecule has 6 heteroatoms. The fourth-order valence-corrected chi connectivity index (χ4v) is 1.28. The Bertz CT molecular complexity index is 305. The Morgan fingerprint density at radius 3 is 2.35 bits per heavy atom. The number of nitrogens with one attached hydrogen (secondary N) is 2. The van der Waals surface area contributed by atoms with Crippen LogP contribution >= 0.6 is 0 Å². The van der Waals surface area contributed by atoms with Gasteiger partial charge in [0.15, 0.2) is 0 Å². The smallest absolute Gasteiger partial charge is 0.224 e. The second kappa shape index (κ2) is 7.81. The van der Waals surface area contributed by atoms with Crippen LogP contribution in [0.1, 0.15) is 5.69 Å². The van der Waals surface area contributed by atoms with Crippen molar-refractivity contribution in [2.24, 2.45) is 0 Å². The number of ether oxygens (including phenoxy) is 2. The molecule has 96 valence electrons. The molecular weight excluding hydrogens is 220 g/mol. The van der Waals surface area contributed by atoms with E-state index >= 15 is 0 Å². The Kier molecular flexibility index (Phi) is 6.27. The van der Waals surface area contributed by atoms with E-state index < -0.39 is 0 Å². The summed E-state index contributed by atoms with van der Waals surface area (Å²) in [6.07, 6.45) is 0. The van der Waals surface area contributed by atoms with Gasteiger partial charge in [-0.05, 0) is 6.92 Å². The summed E-state index contributed by atoms with van der Waals surface area (Å²) in [5.41, 5.74) is 0.917. The zero-order valence-electron chi connectivity index (χ0n) is 10.6. The summed E-state index contributed by atoms with van der Waals surface area (Å²) in [7, 11) is 3.33. The summed E-state index contributed by atoms with van der Waals surface area (Å²) in [5.74, 6) is 1.41. The first-order valence-electron chi connectivity index (χ1n) is 5.57. The first kappa shape index (κ1) is 13.7. The Morgan fingerprint density at radius 2 is 1.71 bits per heavy atom. The highest BCUT2D eigenvalue weighted by Crippen LogP contribution is 2.08. The maximum absolute atomic E-state index is 4.97. The van der Waals surface area contributed by atoms with Gasteiger partial charge in [0.25, 0.3) is 0 Å². The van der Waals surface area contributed by atoms with E-state index in [4.69, 9.17) is 9.47 Å². The molecule has 0 saturated carbocycles. The molecule has 0 radical (unpaired) electrons. The number of nitrogens with zero attached hydrogens (tertiary/aromatic N) is 2. The van der Waals surface area contributed by atoms with E-state index in [0.29, 0.717) is 25.7 Å². The van der Waals surface area contributed by atoms with Crippen molar-refractivity contribution in [1.82, 2.24) is 9.97 Å². The molecule has 0 aliphatic heterocycles. The average Bonchev–Trinajstić information content (AvgIpc) is 2.29. The monoisotopic (exact) mass is 240 g/mol. The summed E-state index contributed by atoms with van der Waals surface area (Å²) in [6.45, 7) is 4.63. The Hall–Kier alpha value is -1.40. The van der Waals surface area contributed by atoms with Crippen molar-refractivity contribution in [2.75, 3.05) is 51.2 Å². The van der Waals surface area contributed by atoms with Crippen LogP contribution in [-0.4, -0.2) is 50.5 Å². The Balaban J connectivity index is 2.53. The third kappa shape index (κ3) is 5.46. The van der Waals surface area contributed by atoms with Gasteiger partial charge in [0.2, 0.25) is 5.95 Å². The lowest BCUT2D eigenvalue weighted by Gasteiger charge is -2.09. The molecule has 0 unspecified atom stereocenters. The van der Waals surface area contributed by atoms with Crippen LogP contribution in [0.3, 0.4) is 0 Å². The summed E-state index contributed by atoms with van der Waals surface area (Å²) in [6, 6.07) is 1.90. The maximum Gasteiger partial charge on any atom is 0.224 e. The highest BCUT2D eigenvalue weighted by atomic mass is 16.5. The molecular formula is C11H20N4O2. The fraction of sp³-hybridized carbons (Fsp3) is 0.636. The van der Waals surface area contributed by atoms with E-state index in [1.807, 2.05) is 13.0 Å². The van der Waals surface area contributed by atoms with Crippen LogP contribution < -0.4 is 10.6 Å². The van der Waals surface area contributed by atoms with Crippen LogP contribution in [0.2, 0.25) is 0 Å². The van der Waals surface area contributed by atoms with E-state index in [-0.39, 0.29) is 0 Å². The van der Waals surface area contributed by atoms with Gasteiger partial charge in [-0.3, -0.25) is 0 Å². The molecule has 1 aromatic rings. The van der Waals surface area contributed by atoms with Crippen LogP contribution in [0.15, 0.2) is 6.07 Å². The number of aromatic nitrogens is 2. The number of hydrogen-bond donors (Lipinski definition) is 2. The molecule has 0 saturated heterocycles. The predicted octanol–water partition coefficient (Wildman–Crippen LogP) is 0.902. The normalized spacial score (nSPS) is 10.3. The van der Waals surface area contributed by atoms with Crippen LogP contribution in [0.4, 0.5) is 11.8 Å². The lowest BCUT2D eigenvalue weighted by Crippen LogP contribution is -2.13. The highest BCUT2D eigenvalue weighted by Gasteiger charge is 2.01. The lowest BCUT2D eigenvalue weighted by atomic mass is 10.4. The molecule has 1 rings (SSSR count). The van der Waals surface area contributed by atoms with Crippen LogP contribution in [0.25, 0.3) is 0 Å². The minimum absolute atomic E-state index is 0.613. The first-order chi connectivity index (χ1) is 8.26. The SMILES string of the molecule is COCCNc1cc(C)nc(NCCOC)n1. The van der Waals surface area contributed by atoms with E-state index in [9.17, 15) is 0 Å². The number of methoxy groups -OCH3 is 2. The van der Waals surface area contributed by atoms with E-state index in [1.54, 1.807) is 14.2 Å². The zero-order chi connectivity index (χ0) is 12.5. The summed E-state index contributed by atoms with van der Waals surface area (Å²) in [4.78, 5) is 8.62. The molecule has 17 heavy (non-hydrogen) atoms. The van der Waals surface area contributed by atoms with Crippen molar-refractivity contribution in [3.8, 4) is 0 Å². The van der Waals surface area contributed by atoms with Crippen LogP contribution in [0.5, 0.6) is 0 Å². The number of rotatable bonds is 8. The maximum atomic E-state index is 4.97. The average molecular weight is 240 g/mol. The van der Waals surface area contributed by atoms with E-state index in [1.165, 1.54) is 0 Å². The van der Waals surface area contributed by atoms with Gasteiger partial charge in [-0.25, -0.2) is 4.98 Å². The molecule has 0 aliphatic carbocycles. The molecule has 1 heterocycles. The third-order valence-corrected chi connectivity index (χ3v) is 2.06. The zero-order valence-corrected chi connectivity index (χ0v) is 10.6. The molecule has 1 aromatic heterocycles. The quantitative estimate of drug-likeness (QED) is 0.658. The second-order valence-corrected chi connectivity index (χ2v) is 3.56. The molecule has 0 aromatic carbocycles. The van der Waals surface area contributed by atoms with Crippen molar-refractivity contribution < 1.29 is 9.47 Å². The second-order valence-electron chi connectivity index (χ2n) is 3.56. The van der Waals surface area contributed by atoms with Gasteiger partial charge >= 0.3 is 0 Å². The van der Waals surface area contributed by atoms with Crippen molar-refractivity contribution in [2.45, 2.75) is 6.92 Å². The Morgan fingerprint density at radius 1 is 1.06 bits per heavy atom. The van der Waals surface area contributed by atoms with Crippen molar-refractivity contribution in [3.63, 3.8) is 0 Å². The Labute approximate surface area is 102 Å². The largest absolute Gasteiger partial charge is 0.383 e. The van der Waals surface area contributed by atoms with Gasteiger partial charge < -0.3 is 20.1 Å². The van der Waals surface area contributed by atoms with E-state index in [2.05, 4.69) is 20.6 Å². The van der Waals surface area contributed by atoms with Gasteiger partial charge in [-0.15, -0.1) is 0 Å². The molecule has 0 spiro atoms. The van der Waals surface area contributed by atoms with Crippen LogP contribution in [0, 0.1) is 6.92 Å². The number of hydrogen-bond acceptors (Lipinski definition) is 6. The highest BCUT2D eigenvalue weighted by molar-refractivity contribution is 5.42. The van der Waals surface area contributed by atoms with Crippen molar-refractivity contribution >= 4 is 11.8 Å². The minimum atomic E-state index is 0.613. The topological polar surface area (TPSA) is 68.3 Å². The molecule has 6 nitrogen and oxygen atoms in total. The lowest BCUT2D eigenvalue weighted by molar-refractivity contribution is 0.210. The van der Waals surface area contributed by atoms with Gasteiger partial charge in [0.05, 0.1) is 13.2 Å². The minimum Gasteiger partial charge on any atom is -0.383 e. The molecule has 0 fully saturated rings. The fourth-order valence-electron chi connectivity index (χ4n) is 1.28. The molecule has 0 atom stereocenters. The first-order valence-corrected chi connectivity index (χ1v) is 5.57. The van der Waals surface area contributed by atoms with Gasteiger partial charge in [-0.2, -0.15) is 4.98 Å². The molecule has 2 N–H and O–H groups in total. The van der Waals surface area contributed by atoms with Gasteiger partial charge in [0, 0.05) is 39.1 Å². The molecule has 0 bridgehead atoms. The predicted molar refractivity (Wildman–Crippen MR) is 67.5 cm³/mol. The van der Waals surface area contributed by atoms with Crippen LogP contribution in [-0.2, 0) is 9.47 Å². The summed E-state index contributed by atoms with van der Waals surface area (Å²) in [5, 5.41) is 6.27.